The Bertz CT molecular complexity index is 397. The van der Waals surface area contributed by atoms with Gasteiger partial charge in [0.25, 0.3) is 0 Å². The van der Waals surface area contributed by atoms with Crippen LogP contribution < -0.4 is 5.32 Å². The normalized spacial score (nSPS) is 24.3. The summed E-state index contributed by atoms with van der Waals surface area (Å²) in [6.07, 6.45) is 0.194. The van der Waals surface area contributed by atoms with Gasteiger partial charge in [-0.25, -0.2) is 0 Å². The molecule has 1 aromatic rings. The van der Waals surface area contributed by atoms with Crippen molar-refractivity contribution in [3.05, 3.63) is 22.4 Å². The minimum atomic E-state index is -0.538. The Balaban J connectivity index is 1.71. The second-order valence-corrected chi connectivity index (χ2v) is 5.92. The fourth-order valence-corrected chi connectivity index (χ4v) is 2.90. The molecular formula is C13H20N2O3S. The second kappa shape index (κ2) is 7.00. The summed E-state index contributed by atoms with van der Waals surface area (Å²) in [4.78, 5) is 14.8. The fourth-order valence-electron chi connectivity index (χ4n) is 2.26. The summed E-state index contributed by atoms with van der Waals surface area (Å²) in [5, 5.41) is 23.7. The number of hydrogen-bond acceptors (Lipinski definition) is 5. The molecule has 1 aromatic heterocycles. The fraction of sp³-hybridized carbons (Fsp3) is 0.615. The third-order valence-corrected chi connectivity index (χ3v) is 4.32. The molecule has 2 atom stereocenters. The van der Waals surface area contributed by atoms with Crippen molar-refractivity contribution in [1.29, 1.82) is 0 Å². The van der Waals surface area contributed by atoms with Crippen LogP contribution in [-0.2, 0) is 11.3 Å². The van der Waals surface area contributed by atoms with E-state index in [9.17, 15) is 9.90 Å². The van der Waals surface area contributed by atoms with Crippen LogP contribution in [0.4, 0.5) is 0 Å². The molecule has 0 saturated carbocycles. The zero-order valence-electron chi connectivity index (χ0n) is 10.8. The van der Waals surface area contributed by atoms with E-state index in [0.29, 0.717) is 19.6 Å². The number of likely N-dealkylation sites (tertiary alicyclic amines) is 1. The number of aliphatic hydroxyl groups is 2. The van der Waals surface area contributed by atoms with Crippen molar-refractivity contribution in [3.8, 4) is 0 Å². The lowest BCUT2D eigenvalue weighted by molar-refractivity contribution is -0.123. The van der Waals surface area contributed by atoms with Gasteiger partial charge in [0.15, 0.2) is 0 Å². The number of β-amino-alcohol motifs (C(OH)–C–C–N with tert-alkyl or cyclic N) is 1. The molecule has 106 valence electrons. The van der Waals surface area contributed by atoms with E-state index in [2.05, 4.69) is 5.32 Å². The van der Waals surface area contributed by atoms with Crippen molar-refractivity contribution < 1.29 is 15.0 Å². The lowest BCUT2D eigenvalue weighted by Crippen LogP contribution is -2.48. The average molecular weight is 284 g/mol. The first-order chi connectivity index (χ1) is 9.19. The molecule has 0 aliphatic carbocycles. The third kappa shape index (κ3) is 4.28. The summed E-state index contributed by atoms with van der Waals surface area (Å²) in [7, 11) is 0. The minimum absolute atomic E-state index is 0.0135. The molecule has 5 nitrogen and oxygen atoms in total. The highest BCUT2D eigenvalue weighted by Gasteiger charge is 2.27. The molecule has 0 bridgehead atoms. The Kier molecular flexibility index (Phi) is 5.33. The van der Waals surface area contributed by atoms with Crippen LogP contribution in [0.2, 0.25) is 0 Å². The third-order valence-electron chi connectivity index (χ3n) is 3.45. The van der Waals surface area contributed by atoms with E-state index in [1.807, 2.05) is 22.4 Å². The molecule has 1 aliphatic heterocycles. The van der Waals surface area contributed by atoms with Gasteiger partial charge in [-0.15, -0.1) is 11.3 Å². The first-order valence-electron chi connectivity index (χ1n) is 6.49. The Morgan fingerprint density at radius 3 is 3.05 bits per heavy atom. The van der Waals surface area contributed by atoms with E-state index in [1.54, 1.807) is 11.3 Å². The maximum atomic E-state index is 11.8. The largest absolute Gasteiger partial charge is 0.396 e. The lowest BCUT2D eigenvalue weighted by Gasteiger charge is -2.34. The van der Waals surface area contributed by atoms with Crippen molar-refractivity contribution in [1.82, 2.24) is 10.2 Å². The zero-order valence-corrected chi connectivity index (χ0v) is 11.6. The molecule has 2 heterocycles. The number of rotatable bonds is 5. The maximum absolute atomic E-state index is 11.8. The number of thiophene rings is 1. The van der Waals surface area contributed by atoms with E-state index in [-0.39, 0.29) is 18.4 Å². The first-order valence-corrected chi connectivity index (χ1v) is 7.37. The highest BCUT2D eigenvalue weighted by Crippen LogP contribution is 2.16. The molecule has 0 unspecified atom stereocenters. The van der Waals surface area contributed by atoms with Gasteiger partial charge in [-0.1, -0.05) is 6.07 Å². The van der Waals surface area contributed by atoms with Gasteiger partial charge < -0.3 is 15.5 Å². The maximum Gasteiger partial charge on any atom is 0.234 e. The summed E-state index contributed by atoms with van der Waals surface area (Å²) in [6.45, 7) is 2.08. The number of piperidine rings is 1. The number of carbonyl (C=O) groups excluding carboxylic acids is 1. The van der Waals surface area contributed by atoms with Crippen molar-refractivity contribution in [3.63, 3.8) is 0 Å². The molecule has 1 saturated heterocycles. The Morgan fingerprint density at radius 2 is 2.42 bits per heavy atom. The first kappa shape index (κ1) is 14.5. The zero-order chi connectivity index (χ0) is 13.7. The number of nitrogens with one attached hydrogen (secondary N) is 1. The Morgan fingerprint density at radius 1 is 1.58 bits per heavy atom. The lowest BCUT2D eigenvalue weighted by atomic mass is 9.95. The molecule has 1 fully saturated rings. The molecule has 1 aliphatic rings. The molecule has 0 spiro atoms. The number of carbonyl (C=O) groups is 1. The molecular weight excluding hydrogens is 264 g/mol. The quantitative estimate of drug-likeness (QED) is 0.714. The Hall–Kier alpha value is -0.950. The summed E-state index contributed by atoms with van der Waals surface area (Å²) in [6, 6.07) is 3.95. The van der Waals surface area contributed by atoms with Crippen LogP contribution in [0.5, 0.6) is 0 Å². The van der Waals surface area contributed by atoms with Gasteiger partial charge in [0.1, 0.15) is 0 Å². The molecule has 6 heteroatoms. The van der Waals surface area contributed by atoms with Gasteiger partial charge in [0, 0.05) is 23.9 Å². The van der Waals surface area contributed by atoms with Crippen molar-refractivity contribution >= 4 is 17.2 Å². The molecule has 1 amide bonds. The number of amides is 1. The number of hydrogen-bond donors (Lipinski definition) is 3. The van der Waals surface area contributed by atoms with Gasteiger partial charge in [0.05, 0.1) is 19.2 Å². The molecule has 3 N–H and O–H groups in total. The van der Waals surface area contributed by atoms with Crippen LogP contribution in [0.25, 0.3) is 0 Å². The molecule has 19 heavy (non-hydrogen) atoms. The second-order valence-electron chi connectivity index (χ2n) is 4.89. The van der Waals surface area contributed by atoms with E-state index in [1.165, 1.54) is 0 Å². The minimum Gasteiger partial charge on any atom is -0.396 e. The van der Waals surface area contributed by atoms with Crippen LogP contribution in [0, 0.1) is 5.92 Å². The van der Waals surface area contributed by atoms with E-state index in [0.717, 1.165) is 17.8 Å². The summed E-state index contributed by atoms with van der Waals surface area (Å²) >= 11 is 1.62. The monoisotopic (exact) mass is 284 g/mol. The van der Waals surface area contributed by atoms with Gasteiger partial charge >= 0.3 is 0 Å². The van der Waals surface area contributed by atoms with Crippen LogP contribution >= 0.6 is 11.3 Å². The summed E-state index contributed by atoms with van der Waals surface area (Å²) in [5.41, 5.74) is 0. The predicted octanol–water partition coefficient (Wildman–Crippen LogP) is 0.0394. The smallest absolute Gasteiger partial charge is 0.234 e. The number of aliphatic hydroxyl groups excluding tert-OH is 2. The molecule has 0 aromatic carbocycles. The number of nitrogens with zero attached hydrogens (tertiary/aromatic N) is 1. The van der Waals surface area contributed by atoms with Gasteiger partial charge in [-0.2, -0.15) is 0 Å². The topological polar surface area (TPSA) is 72.8 Å². The van der Waals surface area contributed by atoms with E-state index >= 15 is 0 Å². The average Bonchev–Trinajstić information content (AvgIpc) is 2.90. The summed E-state index contributed by atoms with van der Waals surface area (Å²) in [5.74, 6) is -0.0755. The van der Waals surface area contributed by atoms with Crippen molar-refractivity contribution in [2.24, 2.45) is 5.92 Å². The van der Waals surface area contributed by atoms with E-state index in [4.69, 9.17) is 5.11 Å². The van der Waals surface area contributed by atoms with Crippen molar-refractivity contribution in [2.75, 3.05) is 26.2 Å². The molecule has 0 radical (unpaired) electrons. The predicted molar refractivity (Wildman–Crippen MR) is 73.8 cm³/mol. The Labute approximate surface area is 116 Å². The van der Waals surface area contributed by atoms with Crippen LogP contribution in [0.3, 0.4) is 0 Å². The summed E-state index contributed by atoms with van der Waals surface area (Å²) < 4.78 is 0. The van der Waals surface area contributed by atoms with Crippen LogP contribution in [0.1, 0.15) is 11.3 Å². The van der Waals surface area contributed by atoms with Gasteiger partial charge in [-0.3, -0.25) is 9.69 Å². The van der Waals surface area contributed by atoms with Crippen LogP contribution in [0.15, 0.2) is 17.5 Å². The van der Waals surface area contributed by atoms with E-state index < -0.39 is 6.10 Å². The standard InChI is InChI=1S/C13H20N2O3S/c16-9-10-3-4-15(7-12(10)17)8-13(18)14-6-11-2-1-5-19-11/h1-2,5,10,12,16-17H,3-4,6-9H2,(H,14,18)/t10-,12+/m1/s1. The molecule has 2 rings (SSSR count). The SMILES string of the molecule is O=C(CN1CC[C@H](CO)[C@@H](O)C1)NCc1cccs1. The highest BCUT2D eigenvalue weighted by atomic mass is 32.1. The van der Waals surface area contributed by atoms with Gasteiger partial charge in [0.2, 0.25) is 5.91 Å². The van der Waals surface area contributed by atoms with Crippen molar-refractivity contribution in [2.45, 2.75) is 19.1 Å². The highest BCUT2D eigenvalue weighted by molar-refractivity contribution is 7.09. The van der Waals surface area contributed by atoms with Gasteiger partial charge in [-0.05, 0) is 24.4 Å². The van der Waals surface area contributed by atoms with Crippen LogP contribution in [-0.4, -0.2) is 53.4 Å².